The highest BCUT2D eigenvalue weighted by Crippen LogP contribution is 2.51. The molecule has 7 aromatic rings. The molecule has 0 bridgehead atoms. The summed E-state index contributed by atoms with van der Waals surface area (Å²) in [5.74, 6) is 0.835. The van der Waals surface area contributed by atoms with Gasteiger partial charge in [0, 0.05) is 11.8 Å². The SMILES string of the molecule is C1=CC2=CC=C3C=CC(c4ccc5c(c4)Cc4cc(-c6ccc(-c7ccc8ccc9cccc%10ccc7c8c9%10)cc6)ccc4-5)=C4C=CC(=C1)C2C34. The molecule has 5 aliphatic rings. The van der Waals surface area contributed by atoms with Gasteiger partial charge in [-0.2, -0.15) is 0 Å². The summed E-state index contributed by atoms with van der Waals surface area (Å²) in [5.41, 5.74) is 19.1. The molecule has 12 rings (SSSR count). The Labute approximate surface area is 297 Å². The molecular weight excluding hydrogens is 613 g/mol. The maximum Gasteiger partial charge on any atom is 0.0205 e. The van der Waals surface area contributed by atoms with Gasteiger partial charge in [-0.25, -0.2) is 0 Å². The number of fused-ring (bicyclic) bond motifs is 3. The summed E-state index contributed by atoms with van der Waals surface area (Å²) in [4.78, 5) is 0. The van der Waals surface area contributed by atoms with Gasteiger partial charge in [-0.05, 0) is 117 Å². The molecule has 2 atom stereocenters. The van der Waals surface area contributed by atoms with Crippen molar-refractivity contribution in [3.63, 3.8) is 0 Å². The van der Waals surface area contributed by atoms with Crippen LogP contribution in [0.25, 0.3) is 71.3 Å². The predicted octanol–water partition coefficient (Wildman–Crippen LogP) is 13.0. The molecule has 2 unspecified atom stereocenters. The third kappa shape index (κ3) is 3.91. The Balaban J connectivity index is 0.866. The molecule has 0 amide bonds. The van der Waals surface area contributed by atoms with Gasteiger partial charge in [-0.15, -0.1) is 0 Å². The van der Waals surface area contributed by atoms with Gasteiger partial charge in [0.25, 0.3) is 0 Å². The Morgan fingerprint density at radius 3 is 1.84 bits per heavy atom. The van der Waals surface area contributed by atoms with Crippen molar-refractivity contribution >= 4 is 37.9 Å². The minimum absolute atomic E-state index is 0.402. The second-order valence-electron chi connectivity index (χ2n) is 14.8. The third-order valence-electron chi connectivity index (χ3n) is 12.3. The lowest BCUT2D eigenvalue weighted by Crippen LogP contribution is -2.29. The fourth-order valence-corrected chi connectivity index (χ4v) is 9.85. The fourth-order valence-electron chi connectivity index (χ4n) is 9.85. The summed E-state index contributed by atoms with van der Waals surface area (Å²) in [6, 6.07) is 43.7. The number of hydrogen-bond donors (Lipinski definition) is 0. The van der Waals surface area contributed by atoms with Gasteiger partial charge in [0.2, 0.25) is 0 Å². The largest absolute Gasteiger partial charge is 0.0617 e. The monoisotopic (exact) mass is 644 g/mol. The van der Waals surface area contributed by atoms with Crippen LogP contribution in [0.4, 0.5) is 0 Å². The quantitative estimate of drug-likeness (QED) is 0.168. The van der Waals surface area contributed by atoms with Crippen LogP contribution in [0, 0.1) is 11.8 Å². The average Bonchev–Trinajstić information content (AvgIpc) is 3.56. The molecule has 0 nitrogen and oxygen atoms in total. The molecule has 5 aliphatic carbocycles. The number of rotatable bonds is 3. The highest BCUT2D eigenvalue weighted by Gasteiger charge is 2.38. The lowest BCUT2D eigenvalue weighted by Gasteiger charge is -2.40. The molecule has 0 saturated heterocycles. The topological polar surface area (TPSA) is 0 Å². The zero-order valence-electron chi connectivity index (χ0n) is 28.0. The van der Waals surface area contributed by atoms with E-state index < -0.39 is 0 Å². The van der Waals surface area contributed by atoms with Crippen LogP contribution in [0.1, 0.15) is 16.7 Å². The Kier molecular flexibility index (Phi) is 5.49. The summed E-state index contributed by atoms with van der Waals surface area (Å²) in [6.45, 7) is 0. The molecule has 0 aromatic heterocycles. The van der Waals surface area contributed by atoms with E-state index in [1.807, 2.05) is 0 Å². The van der Waals surface area contributed by atoms with Crippen LogP contribution in [-0.4, -0.2) is 0 Å². The minimum atomic E-state index is 0.402. The first-order chi connectivity index (χ1) is 25.2. The first-order valence-corrected chi connectivity index (χ1v) is 18.2. The fraction of sp³-hybridized carbons (Fsp3) is 0.0588. The second kappa shape index (κ2) is 10.2. The minimum Gasteiger partial charge on any atom is -0.0617 e. The molecule has 0 saturated carbocycles. The Morgan fingerprint density at radius 2 is 1.02 bits per heavy atom. The highest BCUT2D eigenvalue weighted by atomic mass is 14.4. The summed E-state index contributed by atoms with van der Waals surface area (Å²) in [6.07, 6.45) is 21.8. The van der Waals surface area contributed by atoms with E-state index in [1.54, 1.807) is 0 Å². The lowest BCUT2D eigenvalue weighted by atomic mass is 9.63. The molecule has 7 aromatic carbocycles. The van der Waals surface area contributed by atoms with Crippen LogP contribution in [0.5, 0.6) is 0 Å². The van der Waals surface area contributed by atoms with Crippen LogP contribution in [0.2, 0.25) is 0 Å². The maximum atomic E-state index is 2.46. The van der Waals surface area contributed by atoms with Crippen molar-refractivity contribution in [3.05, 3.63) is 209 Å². The number of benzene rings is 7. The van der Waals surface area contributed by atoms with Gasteiger partial charge >= 0.3 is 0 Å². The molecule has 0 fully saturated rings. The van der Waals surface area contributed by atoms with Gasteiger partial charge < -0.3 is 0 Å². The number of hydrogen-bond acceptors (Lipinski definition) is 0. The third-order valence-corrected chi connectivity index (χ3v) is 12.3. The molecular formula is C51H32. The summed E-state index contributed by atoms with van der Waals surface area (Å²) < 4.78 is 0. The smallest absolute Gasteiger partial charge is 0.0205 e. The summed E-state index contributed by atoms with van der Waals surface area (Å²) >= 11 is 0. The summed E-state index contributed by atoms with van der Waals surface area (Å²) in [7, 11) is 0. The molecule has 0 N–H and O–H groups in total. The van der Waals surface area contributed by atoms with E-state index >= 15 is 0 Å². The predicted molar refractivity (Wildman–Crippen MR) is 215 cm³/mol. The van der Waals surface area contributed by atoms with E-state index in [1.165, 1.54) is 110 Å². The maximum absolute atomic E-state index is 2.46. The number of allylic oxidation sites excluding steroid dienone is 14. The van der Waals surface area contributed by atoms with E-state index in [4.69, 9.17) is 0 Å². The van der Waals surface area contributed by atoms with E-state index in [2.05, 4.69) is 170 Å². The first kappa shape index (κ1) is 27.6. The van der Waals surface area contributed by atoms with Crippen molar-refractivity contribution in [1.29, 1.82) is 0 Å². The normalized spacial score (nSPS) is 19.3. The summed E-state index contributed by atoms with van der Waals surface area (Å²) in [5, 5.41) is 7.98. The zero-order valence-corrected chi connectivity index (χ0v) is 28.0. The van der Waals surface area contributed by atoms with Crippen molar-refractivity contribution in [2.75, 3.05) is 0 Å². The molecule has 0 heterocycles. The van der Waals surface area contributed by atoms with Crippen LogP contribution in [-0.2, 0) is 6.42 Å². The highest BCUT2D eigenvalue weighted by molar-refractivity contribution is 6.25. The van der Waals surface area contributed by atoms with Crippen molar-refractivity contribution in [1.82, 2.24) is 0 Å². The van der Waals surface area contributed by atoms with Gasteiger partial charge in [0.1, 0.15) is 0 Å². The van der Waals surface area contributed by atoms with Crippen LogP contribution in [0.3, 0.4) is 0 Å². The second-order valence-corrected chi connectivity index (χ2v) is 14.8. The molecule has 51 heavy (non-hydrogen) atoms. The van der Waals surface area contributed by atoms with Gasteiger partial charge in [0.05, 0.1) is 0 Å². The Morgan fingerprint density at radius 1 is 0.412 bits per heavy atom. The van der Waals surface area contributed by atoms with Crippen LogP contribution in [0.15, 0.2) is 192 Å². The zero-order chi connectivity index (χ0) is 33.2. The van der Waals surface area contributed by atoms with Crippen LogP contribution < -0.4 is 0 Å². The van der Waals surface area contributed by atoms with E-state index in [9.17, 15) is 0 Å². The first-order valence-electron chi connectivity index (χ1n) is 18.2. The molecule has 236 valence electrons. The average molecular weight is 645 g/mol. The van der Waals surface area contributed by atoms with Crippen molar-refractivity contribution in [2.24, 2.45) is 11.8 Å². The van der Waals surface area contributed by atoms with Gasteiger partial charge in [-0.1, -0.05) is 170 Å². The van der Waals surface area contributed by atoms with Crippen molar-refractivity contribution in [2.45, 2.75) is 6.42 Å². The van der Waals surface area contributed by atoms with E-state index in [-0.39, 0.29) is 0 Å². The Hall–Kier alpha value is -6.24. The van der Waals surface area contributed by atoms with Crippen molar-refractivity contribution in [3.8, 4) is 33.4 Å². The van der Waals surface area contributed by atoms with Crippen LogP contribution >= 0.6 is 0 Å². The molecule has 0 heteroatoms. The molecule has 0 spiro atoms. The van der Waals surface area contributed by atoms with Gasteiger partial charge in [-0.3, -0.25) is 0 Å². The van der Waals surface area contributed by atoms with Crippen molar-refractivity contribution < 1.29 is 0 Å². The lowest BCUT2D eigenvalue weighted by molar-refractivity contribution is 0.566. The van der Waals surface area contributed by atoms with Gasteiger partial charge in [0.15, 0.2) is 0 Å². The van der Waals surface area contributed by atoms with E-state index in [0.29, 0.717) is 11.8 Å². The Bertz CT molecular complexity index is 2890. The molecule has 0 radical (unpaired) electrons. The van der Waals surface area contributed by atoms with E-state index in [0.717, 1.165) is 6.42 Å². The standard InChI is InChI=1S/C51H32/c1-3-32-11-13-36-15-21-42(46-25-17-34(5-1)48(32)50(36)46)31-9-7-30(8-10-31)38-19-23-44-40(27-38)29-41-28-39(20-24-45(41)44)43-22-16-37-14-12-33-4-2-6-35-18-26-47(43)51(37)49(33)35/h1-28,49,51H,29H2. The molecule has 0 aliphatic heterocycles.